The first kappa shape index (κ1) is 20.0. The van der Waals surface area contributed by atoms with Crippen molar-refractivity contribution in [2.24, 2.45) is 17.8 Å². The minimum absolute atomic E-state index is 0.481. The van der Waals surface area contributed by atoms with E-state index in [2.05, 4.69) is 27.7 Å². The fourth-order valence-electron chi connectivity index (χ4n) is 2.86. The molecule has 0 spiro atoms. The van der Waals surface area contributed by atoms with E-state index in [1.165, 1.54) is 44.9 Å². The first-order valence-corrected chi connectivity index (χ1v) is 8.93. The quantitative estimate of drug-likeness (QED) is 0.452. The molecule has 0 aliphatic carbocycles. The van der Waals surface area contributed by atoms with E-state index in [0.717, 1.165) is 30.6 Å². The van der Waals surface area contributed by atoms with Gasteiger partial charge in [0.05, 0.1) is 5.60 Å². The van der Waals surface area contributed by atoms with Crippen LogP contribution in [0.15, 0.2) is 0 Å². The highest BCUT2D eigenvalue weighted by molar-refractivity contribution is 4.66. The van der Waals surface area contributed by atoms with Crippen molar-refractivity contribution in [3.8, 4) is 0 Å². The van der Waals surface area contributed by atoms with Crippen LogP contribution in [-0.2, 0) is 0 Å². The van der Waals surface area contributed by atoms with Crippen LogP contribution in [0.25, 0.3) is 0 Å². The Balaban J connectivity index is 3.48. The van der Waals surface area contributed by atoms with Gasteiger partial charge in [-0.05, 0) is 38.0 Å². The first-order valence-electron chi connectivity index (χ1n) is 8.93. The molecule has 1 N–H and O–H groups in total. The molecule has 0 aromatic heterocycles. The summed E-state index contributed by atoms with van der Waals surface area (Å²) in [5.41, 5.74) is -0.481. The lowest BCUT2D eigenvalue weighted by molar-refractivity contribution is 0.0668. The summed E-state index contributed by atoms with van der Waals surface area (Å²) in [6, 6.07) is 0. The molecular formula is C19H40O. The summed E-state index contributed by atoms with van der Waals surface area (Å²) < 4.78 is 0. The van der Waals surface area contributed by atoms with Gasteiger partial charge in [-0.2, -0.15) is 0 Å². The zero-order chi connectivity index (χ0) is 15.6. The normalized spacial score (nSPS) is 15.6. The minimum Gasteiger partial charge on any atom is -0.390 e. The van der Waals surface area contributed by atoms with Crippen LogP contribution in [0.1, 0.15) is 99.3 Å². The van der Waals surface area contributed by atoms with Crippen LogP contribution < -0.4 is 0 Å². The van der Waals surface area contributed by atoms with Gasteiger partial charge in [0.2, 0.25) is 0 Å². The molecule has 0 saturated heterocycles. The highest BCUT2D eigenvalue weighted by Crippen LogP contribution is 2.22. The van der Waals surface area contributed by atoms with Crippen molar-refractivity contribution in [1.82, 2.24) is 0 Å². The van der Waals surface area contributed by atoms with Crippen molar-refractivity contribution in [2.45, 2.75) is 105 Å². The number of hydrogen-bond donors (Lipinski definition) is 1. The molecule has 1 heteroatoms. The van der Waals surface area contributed by atoms with E-state index in [4.69, 9.17) is 0 Å². The monoisotopic (exact) mass is 284 g/mol. The number of rotatable bonds is 12. The molecule has 0 aliphatic rings. The van der Waals surface area contributed by atoms with Crippen LogP contribution in [0.2, 0.25) is 0 Å². The predicted molar refractivity (Wildman–Crippen MR) is 91.0 cm³/mol. The molecule has 0 amide bonds. The minimum atomic E-state index is -0.481. The maximum Gasteiger partial charge on any atom is 0.0591 e. The lowest BCUT2D eigenvalue weighted by Gasteiger charge is -2.19. The van der Waals surface area contributed by atoms with Crippen molar-refractivity contribution in [1.29, 1.82) is 0 Å². The second-order valence-corrected chi connectivity index (χ2v) is 8.17. The summed E-state index contributed by atoms with van der Waals surface area (Å²) in [7, 11) is 0. The molecule has 0 rings (SSSR count). The summed E-state index contributed by atoms with van der Waals surface area (Å²) in [6.45, 7) is 13.3. The second-order valence-electron chi connectivity index (χ2n) is 8.17. The highest BCUT2D eigenvalue weighted by atomic mass is 16.3. The fraction of sp³-hybridized carbons (Fsp3) is 1.00. The molecule has 0 aliphatic heterocycles. The van der Waals surface area contributed by atoms with E-state index in [-0.39, 0.29) is 0 Å². The van der Waals surface area contributed by atoms with E-state index in [0.29, 0.717) is 0 Å². The third-order valence-corrected chi connectivity index (χ3v) is 4.36. The van der Waals surface area contributed by atoms with Crippen molar-refractivity contribution in [3.63, 3.8) is 0 Å². The fourth-order valence-corrected chi connectivity index (χ4v) is 2.86. The third kappa shape index (κ3) is 14.4. The van der Waals surface area contributed by atoms with Crippen molar-refractivity contribution < 1.29 is 5.11 Å². The molecule has 0 heterocycles. The lowest BCUT2D eigenvalue weighted by Crippen LogP contribution is -2.18. The molecule has 0 bridgehead atoms. The molecule has 0 fully saturated rings. The molecule has 20 heavy (non-hydrogen) atoms. The maximum atomic E-state index is 9.70. The Morgan fingerprint density at radius 2 is 1.10 bits per heavy atom. The van der Waals surface area contributed by atoms with E-state index in [1.54, 1.807) is 0 Å². The first-order chi connectivity index (χ1) is 9.20. The van der Waals surface area contributed by atoms with Crippen LogP contribution in [0.3, 0.4) is 0 Å². The van der Waals surface area contributed by atoms with Gasteiger partial charge >= 0.3 is 0 Å². The maximum absolute atomic E-state index is 9.70. The van der Waals surface area contributed by atoms with Crippen LogP contribution in [0, 0.1) is 17.8 Å². The van der Waals surface area contributed by atoms with Gasteiger partial charge in [-0.3, -0.25) is 0 Å². The van der Waals surface area contributed by atoms with E-state index in [9.17, 15) is 5.11 Å². The Labute approximate surface area is 128 Å². The largest absolute Gasteiger partial charge is 0.390 e. The summed E-state index contributed by atoms with van der Waals surface area (Å²) in [5, 5.41) is 9.70. The van der Waals surface area contributed by atoms with Gasteiger partial charge in [-0.25, -0.2) is 0 Å². The molecule has 2 atom stereocenters. The van der Waals surface area contributed by atoms with Gasteiger partial charge < -0.3 is 5.11 Å². The molecule has 1 nitrogen and oxygen atoms in total. The predicted octanol–water partition coefficient (Wildman–Crippen LogP) is 6.20. The summed E-state index contributed by atoms with van der Waals surface area (Å²) >= 11 is 0. The van der Waals surface area contributed by atoms with Crippen molar-refractivity contribution in [2.75, 3.05) is 0 Å². The summed E-state index contributed by atoms with van der Waals surface area (Å²) in [5.74, 6) is 2.58. The van der Waals surface area contributed by atoms with Crippen LogP contribution >= 0.6 is 0 Å². The summed E-state index contributed by atoms with van der Waals surface area (Å²) in [4.78, 5) is 0. The Morgan fingerprint density at radius 1 is 0.700 bits per heavy atom. The van der Waals surface area contributed by atoms with Gasteiger partial charge in [0, 0.05) is 0 Å². The van der Waals surface area contributed by atoms with Gasteiger partial charge in [-0.15, -0.1) is 0 Å². The second kappa shape index (κ2) is 10.7. The van der Waals surface area contributed by atoms with Gasteiger partial charge in [0.1, 0.15) is 0 Å². The molecule has 0 saturated carbocycles. The van der Waals surface area contributed by atoms with Crippen molar-refractivity contribution in [3.05, 3.63) is 0 Å². The van der Waals surface area contributed by atoms with E-state index in [1.807, 2.05) is 13.8 Å². The average molecular weight is 285 g/mol. The van der Waals surface area contributed by atoms with Gasteiger partial charge in [0.15, 0.2) is 0 Å². The Bertz CT molecular complexity index is 214. The third-order valence-electron chi connectivity index (χ3n) is 4.36. The van der Waals surface area contributed by atoms with Crippen molar-refractivity contribution >= 4 is 0 Å². The number of aliphatic hydroxyl groups is 1. The van der Waals surface area contributed by atoms with Gasteiger partial charge in [0.25, 0.3) is 0 Å². The molecule has 0 aromatic rings. The Kier molecular flexibility index (Phi) is 10.6. The average Bonchev–Trinajstić information content (AvgIpc) is 2.26. The van der Waals surface area contributed by atoms with Crippen LogP contribution in [-0.4, -0.2) is 10.7 Å². The Hall–Kier alpha value is -0.0400. The lowest BCUT2D eigenvalue weighted by atomic mass is 9.91. The summed E-state index contributed by atoms with van der Waals surface area (Å²) in [6.07, 6.45) is 11.7. The van der Waals surface area contributed by atoms with E-state index < -0.39 is 5.60 Å². The topological polar surface area (TPSA) is 20.2 Å². The molecule has 0 aromatic carbocycles. The molecule has 122 valence electrons. The molecule has 0 radical (unpaired) electrons. The molecule has 2 unspecified atom stereocenters. The molecular weight excluding hydrogens is 244 g/mol. The Morgan fingerprint density at radius 3 is 1.50 bits per heavy atom. The zero-order valence-electron chi connectivity index (χ0n) is 15.0. The van der Waals surface area contributed by atoms with Gasteiger partial charge in [-0.1, -0.05) is 79.1 Å². The standard InChI is InChI=1S/C19H40O/c1-16(2)10-7-11-17(3)12-8-13-18(4)14-9-15-19(5,6)20/h16-18,20H,7-15H2,1-6H3. The highest BCUT2D eigenvalue weighted by Gasteiger charge is 2.13. The van der Waals surface area contributed by atoms with Crippen LogP contribution in [0.4, 0.5) is 0 Å². The number of hydrogen-bond acceptors (Lipinski definition) is 1. The SMILES string of the molecule is CC(C)CCCC(C)CCCC(C)CCCC(C)(C)O. The van der Waals surface area contributed by atoms with E-state index >= 15 is 0 Å². The zero-order valence-corrected chi connectivity index (χ0v) is 15.0. The smallest absolute Gasteiger partial charge is 0.0591 e. The van der Waals surface area contributed by atoms with Crippen LogP contribution in [0.5, 0.6) is 0 Å².